The number of ether oxygens (including phenoxy) is 3. The van der Waals surface area contributed by atoms with Gasteiger partial charge in [0.25, 0.3) is 0 Å². The van der Waals surface area contributed by atoms with Crippen LogP contribution in [0.25, 0.3) is 0 Å². The second kappa shape index (κ2) is 7.00. The molecule has 0 saturated carbocycles. The maximum Gasteiger partial charge on any atom is 0.228 e. The van der Waals surface area contributed by atoms with Crippen molar-refractivity contribution >= 4 is 17.5 Å². The molecule has 2 saturated heterocycles. The summed E-state index contributed by atoms with van der Waals surface area (Å²) in [6, 6.07) is 0. The molecule has 0 radical (unpaired) electrons. The third-order valence-corrected chi connectivity index (χ3v) is 4.59. The molecule has 7 nitrogen and oxygen atoms in total. The number of aromatic nitrogens is 2. The SMILES string of the molecule is Cn1cc(Cl)c(CN(CC2COC(C)(C)O2)C(=O)C2CCOC2)n1. The molecule has 3 rings (SSSR count). The first-order valence-corrected chi connectivity index (χ1v) is 8.58. The number of rotatable bonds is 5. The van der Waals surface area contributed by atoms with Gasteiger partial charge in [0.05, 0.1) is 30.7 Å². The van der Waals surface area contributed by atoms with Crippen LogP contribution in [0.4, 0.5) is 0 Å². The average Bonchev–Trinajstić information content (AvgIpc) is 3.20. The van der Waals surface area contributed by atoms with Gasteiger partial charge in [-0.1, -0.05) is 11.6 Å². The van der Waals surface area contributed by atoms with Gasteiger partial charge in [-0.3, -0.25) is 9.48 Å². The third-order valence-electron chi connectivity index (χ3n) is 4.28. The summed E-state index contributed by atoms with van der Waals surface area (Å²) in [5.74, 6) is -0.663. The molecule has 2 aliphatic heterocycles. The molecule has 1 amide bonds. The fraction of sp³-hybridized carbons (Fsp3) is 0.750. The highest BCUT2D eigenvalue weighted by molar-refractivity contribution is 6.31. The Morgan fingerprint density at radius 2 is 2.29 bits per heavy atom. The van der Waals surface area contributed by atoms with E-state index in [1.54, 1.807) is 15.8 Å². The van der Waals surface area contributed by atoms with Gasteiger partial charge < -0.3 is 19.1 Å². The Morgan fingerprint density at radius 1 is 1.50 bits per heavy atom. The molecule has 134 valence electrons. The zero-order valence-electron chi connectivity index (χ0n) is 14.3. The summed E-state index contributed by atoms with van der Waals surface area (Å²) in [6.07, 6.45) is 2.32. The minimum absolute atomic E-state index is 0.0579. The van der Waals surface area contributed by atoms with Crippen molar-refractivity contribution in [2.45, 2.75) is 38.7 Å². The Bertz CT molecular complexity index is 598. The Morgan fingerprint density at radius 3 is 2.83 bits per heavy atom. The summed E-state index contributed by atoms with van der Waals surface area (Å²) in [5, 5.41) is 4.91. The molecule has 2 unspecified atom stereocenters. The van der Waals surface area contributed by atoms with Crippen molar-refractivity contribution < 1.29 is 19.0 Å². The molecule has 24 heavy (non-hydrogen) atoms. The standard InChI is InChI=1S/C16H24ClN3O4/c1-16(2)23-10-12(24-16)6-20(15(21)11-4-5-22-9-11)8-14-13(17)7-19(3)18-14/h7,11-12H,4-6,8-10H2,1-3H3. The normalized spacial score (nSPS) is 26.0. The zero-order valence-corrected chi connectivity index (χ0v) is 15.1. The second-order valence-corrected chi connectivity index (χ2v) is 7.23. The number of aryl methyl sites for hydroxylation is 1. The highest BCUT2D eigenvalue weighted by Gasteiger charge is 2.36. The molecule has 2 atom stereocenters. The average molecular weight is 358 g/mol. The van der Waals surface area contributed by atoms with Crippen molar-refractivity contribution in [3.63, 3.8) is 0 Å². The predicted molar refractivity (Wildman–Crippen MR) is 87.5 cm³/mol. The van der Waals surface area contributed by atoms with Crippen LogP contribution in [-0.4, -0.2) is 58.8 Å². The lowest BCUT2D eigenvalue weighted by Crippen LogP contribution is -2.42. The fourth-order valence-corrected chi connectivity index (χ4v) is 3.35. The molecule has 8 heteroatoms. The number of nitrogens with zero attached hydrogens (tertiary/aromatic N) is 3. The number of amides is 1. The Labute approximate surface area is 146 Å². The van der Waals surface area contributed by atoms with Crippen molar-refractivity contribution in [2.24, 2.45) is 13.0 Å². The van der Waals surface area contributed by atoms with Crippen molar-refractivity contribution in [1.82, 2.24) is 14.7 Å². The molecule has 1 aromatic heterocycles. The lowest BCUT2D eigenvalue weighted by atomic mass is 10.1. The summed E-state index contributed by atoms with van der Waals surface area (Å²) in [5.41, 5.74) is 0.685. The molecule has 2 fully saturated rings. The summed E-state index contributed by atoms with van der Waals surface area (Å²) in [7, 11) is 1.81. The topological polar surface area (TPSA) is 65.8 Å². The van der Waals surface area contributed by atoms with Gasteiger partial charge in [-0.2, -0.15) is 5.10 Å². The van der Waals surface area contributed by atoms with Gasteiger partial charge in [0.1, 0.15) is 11.8 Å². The molecular formula is C16H24ClN3O4. The van der Waals surface area contributed by atoms with Crippen LogP contribution in [0.15, 0.2) is 6.20 Å². The predicted octanol–water partition coefficient (Wildman–Crippen LogP) is 1.59. The van der Waals surface area contributed by atoms with Crippen LogP contribution >= 0.6 is 11.6 Å². The van der Waals surface area contributed by atoms with Crippen molar-refractivity contribution in [3.8, 4) is 0 Å². The summed E-state index contributed by atoms with van der Waals surface area (Å²) in [6.45, 7) is 6.12. The number of carbonyl (C=O) groups excluding carboxylic acids is 1. The zero-order chi connectivity index (χ0) is 17.3. The van der Waals surface area contributed by atoms with Crippen molar-refractivity contribution in [3.05, 3.63) is 16.9 Å². The van der Waals surface area contributed by atoms with Gasteiger partial charge in [-0.25, -0.2) is 0 Å². The van der Waals surface area contributed by atoms with Crippen molar-refractivity contribution in [1.29, 1.82) is 0 Å². The van der Waals surface area contributed by atoms with Gasteiger partial charge in [-0.05, 0) is 20.3 Å². The van der Waals surface area contributed by atoms with Crippen LogP contribution < -0.4 is 0 Å². The van der Waals surface area contributed by atoms with Crippen LogP contribution in [0.2, 0.25) is 5.02 Å². The van der Waals surface area contributed by atoms with Crippen LogP contribution in [0.5, 0.6) is 0 Å². The Kier molecular flexibility index (Phi) is 5.15. The van der Waals surface area contributed by atoms with Gasteiger partial charge in [0, 0.05) is 26.4 Å². The molecule has 0 N–H and O–H groups in total. The molecule has 2 aliphatic rings. The molecule has 0 aliphatic carbocycles. The van der Waals surface area contributed by atoms with E-state index in [9.17, 15) is 4.79 Å². The van der Waals surface area contributed by atoms with Gasteiger partial charge in [0.15, 0.2) is 5.79 Å². The largest absolute Gasteiger partial charge is 0.381 e. The number of carbonyl (C=O) groups is 1. The fourth-order valence-electron chi connectivity index (χ4n) is 3.11. The first-order valence-electron chi connectivity index (χ1n) is 8.20. The quantitative estimate of drug-likeness (QED) is 0.800. The lowest BCUT2D eigenvalue weighted by Gasteiger charge is -2.27. The van der Waals surface area contributed by atoms with Crippen LogP contribution in [0.1, 0.15) is 26.0 Å². The molecular weight excluding hydrogens is 334 g/mol. The molecule has 3 heterocycles. The molecule has 0 spiro atoms. The van der Waals surface area contributed by atoms with E-state index in [-0.39, 0.29) is 17.9 Å². The third kappa shape index (κ3) is 4.08. The van der Waals surface area contributed by atoms with Gasteiger partial charge in [-0.15, -0.1) is 0 Å². The summed E-state index contributed by atoms with van der Waals surface area (Å²) in [4.78, 5) is 14.7. The highest BCUT2D eigenvalue weighted by Crippen LogP contribution is 2.25. The first-order chi connectivity index (χ1) is 11.3. The highest BCUT2D eigenvalue weighted by atomic mass is 35.5. The second-order valence-electron chi connectivity index (χ2n) is 6.83. The Balaban J connectivity index is 1.72. The smallest absolute Gasteiger partial charge is 0.228 e. The van der Waals surface area contributed by atoms with Gasteiger partial charge >= 0.3 is 0 Å². The summed E-state index contributed by atoms with van der Waals surface area (Å²) >= 11 is 6.21. The minimum atomic E-state index is -0.613. The Hall–Kier alpha value is -1.15. The van der Waals surface area contributed by atoms with Gasteiger partial charge in [0.2, 0.25) is 5.91 Å². The number of halogens is 1. The lowest BCUT2D eigenvalue weighted by molar-refractivity contribution is -0.148. The minimum Gasteiger partial charge on any atom is -0.381 e. The maximum absolute atomic E-state index is 12.9. The molecule has 1 aromatic rings. The molecule has 0 bridgehead atoms. The monoisotopic (exact) mass is 357 g/mol. The van der Waals surface area contributed by atoms with Crippen LogP contribution in [-0.2, 0) is 32.6 Å². The van der Waals surface area contributed by atoms with E-state index in [0.717, 1.165) is 6.42 Å². The van der Waals surface area contributed by atoms with E-state index in [0.29, 0.717) is 43.6 Å². The van der Waals surface area contributed by atoms with E-state index in [2.05, 4.69) is 5.10 Å². The van der Waals surface area contributed by atoms with E-state index in [1.807, 2.05) is 20.9 Å². The van der Waals surface area contributed by atoms with Crippen LogP contribution in [0.3, 0.4) is 0 Å². The van der Waals surface area contributed by atoms with E-state index < -0.39 is 5.79 Å². The first kappa shape index (κ1) is 17.7. The van der Waals surface area contributed by atoms with E-state index in [4.69, 9.17) is 25.8 Å². The number of hydrogen-bond donors (Lipinski definition) is 0. The molecule has 0 aromatic carbocycles. The number of hydrogen-bond acceptors (Lipinski definition) is 5. The maximum atomic E-state index is 12.9. The summed E-state index contributed by atoms with van der Waals surface area (Å²) < 4.78 is 18.5. The van der Waals surface area contributed by atoms with E-state index in [1.165, 1.54) is 0 Å². The van der Waals surface area contributed by atoms with Crippen molar-refractivity contribution in [2.75, 3.05) is 26.4 Å². The van der Waals surface area contributed by atoms with E-state index >= 15 is 0 Å². The van der Waals surface area contributed by atoms with Crippen LogP contribution in [0, 0.1) is 5.92 Å².